The quantitative estimate of drug-likeness (QED) is 0.294. The molecule has 0 amide bonds. The summed E-state index contributed by atoms with van der Waals surface area (Å²) in [4.78, 5) is 9.64. The van der Waals surface area contributed by atoms with Gasteiger partial charge in [-0.2, -0.15) is 5.48 Å². The highest BCUT2D eigenvalue weighted by molar-refractivity contribution is 5.80. The Kier molecular flexibility index (Phi) is 9.76. The number of methoxy groups -OCH3 is 1. The Hall–Kier alpha value is -1.33. The first-order valence-electron chi connectivity index (χ1n) is 6.99. The maximum absolute atomic E-state index is 9.93. The molecule has 0 aromatic heterocycles. The second-order valence-corrected chi connectivity index (χ2v) is 4.76. The molecule has 0 aliphatic carbocycles. The molecule has 2 N–H and O–H groups in total. The molecule has 0 saturated carbocycles. The molecule has 5 nitrogen and oxygen atoms in total. The van der Waals surface area contributed by atoms with Gasteiger partial charge in [-0.3, -0.25) is 0 Å². The number of aliphatic hydroxyl groups is 1. The number of nitrogens with zero attached hydrogens (tertiary/aromatic N) is 1. The van der Waals surface area contributed by atoms with E-state index >= 15 is 0 Å². The normalized spacial score (nSPS) is 14.6. The molecule has 0 rings (SSSR count). The first-order valence-corrected chi connectivity index (χ1v) is 6.99. The molecule has 5 heteroatoms. The van der Waals surface area contributed by atoms with Crippen molar-refractivity contribution in [3.05, 3.63) is 23.3 Å². The lowest BCUT2D eigenvalue weighted by Crippen LogP contribution is -2.32. The second kappa shape index (κ2) is 10.5. The monoisotopic (exact) mass is 284 g/mol. The molecule has 0 heterocycles. The lowest BCUT2D eigenvalue weighted by molar-refractivity contribution is 0.0406. The fraction of sp³-hybridized carbons (Fsp3) is 0.667. The Bertz CT molecular complexity index is 369. The predicted molar refractivity (Wildman–Crippen MR) is 82.7 cm³/mol. The first kappa shape index (κ1) is 18.7. The standard InChI is InChI=1S/C15H28N2O3/c1-7-9-14(12(5)15(18)16-11(3)4)20-17-13(8-2)10-19-6/h9,13,17-18H,7-8,10H2,1-6H3/b14-9-,15-12+. The fourth-order valence-corrected chi connectivity index (χ4v) is 1.45. The highest BCUT2D eigenvalue weighted by Gasteiger charge is 2.11. The third kappa shape index (κ3) is 7.31. The largest absolute Gasteiger partial charge is 0.493 e. The number of hydrogen-bond acceptors (Lipinski definition) is 5. The van der Waals surface area contributed by atoms with Crippen molar-refractivity contribution in [2.45, 2.75) is 53.5 Å². The van der Waals surface area contributed by atoms with Gasteiger partial charge in [-0.25, -0.2) is 4.99 Å². The predicted octanol–water partition coefficient (Wildman–Crippen LogP) is 3.50. The molecule has 0 aromatic rings. The van der Waals surface area contributed by atoms with Crippen LogP contribution in [-0.2, 0) is 9.57 Å². The summed E-state index contributed by atoms with van der Waals surface area (Å²) in [5.74, 6) is 0.566. The van der Waals surface area contributed by atoms with Crippen LogP contribution in [0.15, 0.2) is 28.3 Å². The van der Waals surface area contributed by atoms with Gasteiger partial charge >= 0.3 is 0 Å². The van der Waals surface area contributed by atoms with Gasteiger partial charge < -0.3 is 14.7 Å². The molecule has 20 heavy (non-hydrogen) atoms. The third-order valence-electron chi connectivity index (χ3n) is 2.62. The van der Waals surface area contributed by atoms with E-state index in [2.05, 4.69) is 10.5 Å². The zero-order chi connectivity index (χ0) is 15.5. The molecule has 0 spiro atoms. The molecular formula is C15H28N2O3. The topological polar surface area (TPSA) is 63.1 Å². The molecule has 0 fully saturated rings. The molecule has 0 saturated heterocycles. The lowest BCUT2D eigenvalue weighted by atomic mass is 10.2. The molecule has 0 radical (unpaired) electrons. The number of aliphatic imine (C=N–C) groups is 1. The van der Waals surface area contributed by atoms with Crippen LogP contribution in [0.3, 0.4) is 0 Å². The van der Waals surface area contributed by atoms with E-state index < -0.39 is 0 Å². The van der Waals surface area contributed by atoms with Crippen LogP contribution in [0.2, 0.25) is 0 Å². The molecule has 1 atom stereocenters. The van der Waals surface area contributed by atoms with Gasteiger partial charge in [-0.15, -0.1) is 0 Å². The number of hydrogen-bond donors (Lipinski definition) is 2. The van der Waals surface area contributed by atoms with Crippen molar-refractivity contribution in [1.29, 1.82) is 0 Å². The van der Waals surface area contributed by atoms with Crippen LogP contribution in [0, 0.1) is 0 Å². The SMILES string of the molecule is CC/C=C(ONC(CC)COC)/C(C)=C(/O)N=C(C)C. The summed E-state index contributed by atoms with van der Waals surface area (Å²) in [7, 11) is 1.66. The average Bonchev–Trinajstić information content (AvgIpc) is 2.40. The van der Waals surface area contributed by atoms with Crippen LogP contribution in [0.4, 0.5) is 0 Å². The first-order chi connectivity index (χ1) is 9.46. The van der Waals surface area contributed by atoms with Gasteiger partial charge in [-0.1, -0.05) is 13.8 Å². The van der Waals surface area contributed by atoms with Crippen LogP contribution in [-0.4, -0.2) is 30.6 Å². The number of allylic oxidation sites excluding steroid dienone is 2. The molecule has 0 bridgehead atoms. The van der Waals surface area contributed by atoms with Gasteiger partial charge in [0.15, 0.2) is 5.76 Å². The van der Waals surface area contributed by atoms with E-state index in [4.69, 9.17) is 9.57 Å². The fourth-order valence-electron chi connectivity index (χ4n) is 1.45. The summed E-state index contributed by atoms with van der Waals surface area (Å²) in [5, 5.41) is 9.93. The Balaban J connectivity index is 4.91. The van der Waals surface area contributed by atoms with Crippen molar-refractivity contribution >= 4 is 5.71 Å². The van der Waals surface area contributed by atoms with E-state index in [0.29, 0.717) is 17.9 Å². The van der Waals surface area contributed by atoms with E-state index in [1.54, 1.807) is 14.0 Å². The Morgan fingerprint density at radius 1 is 1.30 bits per heavy atom. The van der Waals surface area contributed by atoms with Crippen LogP contribution in [0.5, 0.6) is 0 Å². The number of nitrogens with one attached hydrogen (secondary N) is 1. The molecule has 1 unspecified atom stereocenters. The summed E-state index contributed by atoms with van der Waals surface area (Å²) in [6.07, 6.45) is 3.59. The molecule has 0 aliphatic heterocycles. The van der Waals surface area contributed by atoms with Gasteiger partial charge in [0.05, 0.1) is 18.2 Å². The van der Waals surface area contributed by atoms with E-state index in [1.165, 1.54) is 0 Å². The van der Waals surface area contributed by atoms with Gasteiger partial charge in [0, 0.05) is 12.8 Å². The van der Waals surface area contributed by atoms with Crippen LogP contribution in [0.1, 0.15) is 47.5 Å². The highest BCUT2D eigenvalue weighted by Crippen LogP contribution is 2.16. The van der Waals surface area contributed by atoms with Crippen LogP contribution in [0.25, 0.3) is 0 Å². The van der Waals surface area contributed by atoms with Crippen molar-refractivity contribution in [2.75, 3.05) is 13.7 Å². The summed E-state index contributed by atoms with van der Waals surface area (Å²) >= 11 is 0. The van der Waals surface area contributed by atoms with Gasteiger partial charge in [-0.05, 0) is 39.7 Å². The van der Waals surface area contributed by atoms with E-state index in [-0.39, 0.29) is 11.9 Å². The number of ether oxygens (including phenoxy) is 1. The number of aliphatic hydroxyl groups excluding tert-OH is 1. The van der Waals surface area contributed by atoms with E-state index in [9.17, 15) is 5.11 Å². The van der Waals surface area contributed by atoms with Crippen molar-refractivity contribution < 1.29 is 14.7 Å². The van der Waals surface area contributed by atoms with E-state index in [0.717, 1.165) is 18.6 Å². The van der Waals surface area contributed by atoms with Crippen molar-refractivity contribution in [3.63, 3.8) is 0 Å². The Morgan fingerprint density at radius 3 is 2.40 bits per heavy atom. The summed E-state index contributed by atoms with van der Waals surface area (Å²) < 4.78 is 5.10. The summed E-state index contributed by atoms with van der Waals surface area (Å²) in [5.41, 5.74) is 4.35. The van der Waals surface area contributed by atoms with Crippen molar-refractivity contribution in [1.82, 2.24) is 5.48 Å². The van der Waals surface area contributed by atoms with Crippen molar-refractivity contribution in [3.8, 4) is 0 Å². The van der Waals surface area contributed by atoms with Gasteiger partial charge in [0.1, 0.15) is 0 Å². The van der Waals surface area contributed by atoms with Gasteiger partial charge in [0.25, 0.3) is 0 Å². The molecular weight excluding hydrogens is 256 g/mol. The minimum atomic E-state index is -0.0220. The maximum Gasteiger partial charge on any atom is 0.217 e. The zero-order valence-electron chi connectivity index (χ0n) is 13.5. The minimum Gasteiger partial charge on any atom is -0.493 e. The summed E-state index contributed by atoms with van der Waals surface area (Å²) in [6, 6.07) is 0.103. The minimum absolute atomic E-state index is 0.0220. The second-order valence-electron chi connectivity index (χ2n) is 4.76. The smallest absolute Gasteiger partial charge is 0.217 e. The lowest BCUT2D eigenvalue weighted by Gasteiger charge is -2.18. The van der Waals surface area contributed by atoms with Gasteiger partial charge in [0.2, 0.25) is 5.88 Å². The van der Waals surface area contributed by atoms with Crippen molar-refractivity contribution in [2.24, 2.45) is 4.99 Å². The molecule has 0 aromatic carbocycles. The summed E-state index contributed by atoms with van der Waals surface area (Å²) in [6.45, 7) is 10.1. The molecule has 0 aliphatic rings. The average molecular weight is 284 g/mol. The Labute approximate surface area is 122 Å². The maximum atomic E-state index is 9.93. The van der Waals surface area contributed by atoms with Crippen LogP contribution >= 0.6 is 0 Å². The zero-order valence-corrected chi connectivity index (χ0v) is 13.5. The number of rotatable bonds is 9. The number of hydroxylamine groups is 1. The molecule has 116 valence electrons. The Morgan fingerprint density at radius 2 is 1.95 bits per heavy atom. The van der Waals surface area contributed by atoms with E-state index in [1.807, 2.05) is 33.8 Å². The van der Waals surface area contributed by atoms with Crippen LogP contribution < -0.4 is 5.48 Å². The third-order valence-corrected chi connectivity index (χ3v) is 2.62. The highest BCUT2D eigenvalue weighted by atomic mass is 16.7.